The highest BCUT2D eigenvalue weighted by molar-refractivity contribution is 7.83. The van der Waals surface area contributed by atoms with Gasteiger partial charge in [0.15, 0.2) is 5.78 Å². The van der Waals surface area contributed by atoms with Gasteiger partial charge in [-0.3, -0.25) is 19.1 Å². The van der Waals surface area contributed by atoms with Crippen molar-refractivity contribution in [1.82, 2.24) is 14.6 Å². The fourth-order valence-corrected chi connectivity index (χ4v) is 3.48. The largest absolute Gasteiger partial charge is 0.342 e. The van der Waals surface area contributed by atoms with Crippen LogP contribution in [0.1, 0.15) is 41.9 Å². The van der Waals surface area contributed by atoms with E-state index in [1.165, 1.54) is 6.20 Å². The number of aromatic nitrogens is 1. The minimum Gasteiger partial charge on any atom is -0.342 e. The van der Waals surface area contributed by atoms with Gasteiger partial charge in [-0.25, -0.2) is 0 Å². The van der Waals surface area contributed by atoms with Crippen LogP contribution in [-0.4, -0.2) is 46.5 Å². The topological polar surface area (TPSA) is 117 Å². The molecule has 1 aromatic heterocycles. The third-order valence-electron chi connectivity index (χ3n) is 4.43. The lowest BCUT2D eigenvalue weighted by Crippen LogP contribution is -2.47. The van der Waals surface area contributed by atoms with Crippen LogP contribution in [0.5, 0.6) is 0 Å². The smallest absolute Gasteiger partial charge is 0.336 e. The quantitative estimate of drug-likeness (QED) is 0.556. The number of rotatable bonds is 10. The fraction of sp³-hybridized carbons (Fsp3) is 0.381. The Morgan fingerprint density at radius 2 is 1.80 bits per heavy atom. The molecule has 1 heterocycles. The van der Waals surface area contributed by atoms with Crippen molar-refractivity contribution in [3.63, 3.8) is 0 Å². The number of carbonyl (C=O) groups excluding carboxylic acids is 2. The molecule has 0 bridgehead atoms. The first-order valence-corrected chi connectivity index (χ1v) is 11.0. The summed E-state index contributed by atoms with van der Waals surface area (Å²) in [6.45, 7) is 4.87. The molecule has 2 N–H and O–H groups in total. The standard InChI is InChI=1S/C21H27N3O5S/c1-15(2)11-19(23-21(26)18-10-9-16(3)22-12-18)20(25)14-24(30(27,28)29)13-17-7-5-4-6-8-17/h4-10,12,15,19H,11,13-14H2,1-3H3,(H,23,26)(H,27,28,29). The molecule has 162 valence electrons. The van der Waals surface area contributed by atoms with Crippen LogP contribution in [-0.2, 0) is 21.6 Å². The van der Waals surface area contributed by atoms with E-state index in [0.29, 0.717) is 21.9 Å². The third kappa shape index (κ3) is 7.33. The number of Topliss-reactive ketones (excluding diaryl/α,β-unsaturated/α-hetero) is 1. The Hall–Kier alpha value is -2.62. The average molecular weight is 434 g/mol. The number of amides is 1. The summed E-state index contributed by atoms with van der Waals surface area (Å²) in [5.41, 5.74) is 1.68. The number of ketones is 1. The van der Waals surface area contributed by atoms with Crippen LogP contribution in [0.15, 0.2) is 48.7 Å². The van der Waals surface area contributed by atoms with Gasteiger partial charge in [0.05, 0.1) is 18.2 Å². The highest BCUT2D eigenvalue weighted by Gasteiger charge is 2.28. The molecule has 0 aliphatic rings. The highest BCUT2D eigenvalue weighted by atomic mass is 32.2. The fourth-order valence-electron chi connectivity index (χ4n) is 2.88. The molecule has 0 fully saturated rings. The van der Waals surface area contributed by atoms with Crippen molar-refractivity contribution in [2.24, 2.45) is 5.92 Å². The van der Waals surface area contributed by atoms with Gasteiger partial charge in [0.2, 0.25) is 0 Å². The highest BCUT2D eigenvalue weighted by Crippen LogP contribution is 2.12. The molecule has 9 heteroatoms. The predicted octanol–water partition coefficient (Wildman–Crippen LogP) is 2.41. The summed E-state index contributed by atoms with van der Waals surface area (Å²) in [6.07, 6.45) is 1.75. The molecule has 1 amide bonds. The Labute approximate surface area is 177 Å². The molecule has 1 aromatic carbocycles. The first kappa shape index (κ1) is 23.7. The summed E-state index contributed by atoms with van der Waals surface area (Å²) in [5, 5.41) is 2.67. The van der Waals surface area contributed by atoms with Gasteiger partial charge in [0.1, 0.15) is 0 Å². The SMILES string of the molecule is Cc1ccc(C(=O)NC(CC(C)C)C(=O)CN(Cc2ccccc2)S(=O)(=O)O)cn1. The minimum atomic E-state index is -4.62. The molecule has 1 unspecified atom stereocenters. The van der Waals surface area contributed by atoms with Crippen molar-refractivity contribution in [2.75, 3.05) is 6.54 Å². The molecule has 0 saturated heterocycles. The molecule has 1 atom stereocenters. The van der Waals surface area contributed by atoms with E-state index in [2.05, 4.69) is 10.3 Å². The van der Waals surface area contributed by atoms with E-state index in [9.17, 15) is 22.6 Å². The molecular formula is C21H27N3O5S. The molecule has 8 nitrogen and oxygen atoms in total. The summed E-state index contributed by atoms with van der Waals surface area (Å²) in [7, 11) is -4.62. The second kappa shape index (κ2) is 10.4. The van der Waals surface area contributed by atoms with Gasteiger partial charge in [-0.05, 0) is 37.0 Å². The van der Waals surface area contributed by atoms with Crippen molar-refractivity contribution in [3.05, 3.63) is 65.5 Å². The van der Waals surface area contributed by atoms with Crippen LogP contribution in [0.3, 0.4) is 0 Å². The van der Waals surface area contributed by atoms with Gasteiger partial charge >= 0.3 is 10.3 Å². The number of carbonyl (C=O) groups is 2. The lowest BCUT2D eigenvalue weighted by molar-refractivity contribution is -0.121. The monoisotopic (exact) mass is 433 g/mol. The first-order chi connectivity index (χ1) is 14.1. The van der Waals surface area contributed by atoms with Crippen molar-refractivity contribution >= 4 is 22.0 Å². The van der Waals surface area contributed by atoms with E-state index >= 15 is 0 Å². The zero-order valence-corrected chi connectivity index (χ0v) is 18.1. The number of aryl methyl sites for hydroxylation is 1. The van der Waals surface area contributed by atoms with Gasteiger partial charge in [-0.2, -0.15) is 12.7 Å². The Morgan fingerprint density at radius 3 is 2.33 bits per heavy atom. The summed E-state index contributed by atoms with van der Waals surface area (Å²) < 4.78 is 33.9. The van der Waals surface area contributed by atoms with E-state index in [1.807, 2.05) is 13.8 Å². The van der Waals surface area contributed by atoms with E-state index in [4.69, 9.17) is 0 Å². The normalized spacial score (nSPS) is 12.7. The van der Waals surface area contributed by atoms with Gasteiger partial charge < -0.3 is 5.32 Å². The molecular weight excluding hydrogens is 406 g/mol. The van der Waals surface area contributed by atoms with Crippen LogP contribution < -0.4 is 5.32 Å². The van der Waals surface area contributed by atoms with E-state index in [1.54, 1.807) is 49.4 Å². The maximum absolute atomic E-state index is 12.9. The molecule has 0 radical (unpaired) electrons. The molecule has 2 rings (SSSR count). The Kier molecular flexibility index (Phi) is 8.22. The molecule has 0 saturated carbocycles. The molecule has 2 aromatic rings. The van der Waals surface area contributed by atoms with E-state index in [-0.39, 0.29) is 12.5 Å². The lowest BCUT2D eigenvalue weighted by Gasteiger charge is -2.23. The summed E-state index contributed by atoms with van der Waals surface area (Å²) in [5.74, 6) is -0.905. The maximum Gasteiger partial charge on any atom is 0.336 e. The predicted molar refractivity (Wildman–Crippen MR) is 113 cm³/mol. The Bertz CT molecular complexity index is 960. The number of hydrogen-bond acceptors (Lipinski definition) is 5. The summed E-state index contributed by atoms with van der Waals surface area (Å²) >= 11 is 0. The van der Waals surface area contributed by atoms with Crippen molar-refractivity contribution in [1.29, 1.82) is 0 Å². The third-order valence-corrected chi connectivity index (χ3v) is 5.35. The second-order valence-corrected chi connectivity index (χ2v) is 8.95. The van der Waals surface area contributed by atoms with Crippen LogP contribution >= 0.6 is 0 Å². The maximum atomic E-state index is 12.9. The summed E-state index contributed by atoms with van der Waals surface area (Å²) in [6, 6.07) is 11.0. The number of pyridine rings is 1. The van der Waals surface area contributed by atoms with Gasteiger partial charge in [0.25, 0.3) is 5.91 Å². The van der Waals surface area contributed by atoms with Crippen LogP contribution in [0.25, 0.3) is 0 Å². The Balaban J connectivity index is 2.17. The zero-order valence-electron chi connectivity index (χ0n) is 17.3. The van der Waals surface area contributed by atoms with Gasteiger partial charge in [-0.15, -0.1) is 0 Å². The van der Waals surface area contributed by atoms with Gasteiger partial charge in [0, 0.05) is 18.4 Å². The van der Waals surface area contributed by atoms with Gasteiger partial charge in [-0.1, -0.05) is 44.2 Å². The molecule has 0 aliphatic heterocycles. The number of nitrogens with zero attached hydrogens (tertiary/aromatic N) is 2. The number of nitrogens with one attached hydrogen (secondary N) is 1. The Morgan fingerprint density at radius 1 is 1.13 bits per heavy atom. The number of hydrogen-bond donors (Lipinski definition) is 2. The van der Waals surface area contributed by atoms with Crippen LogP contribution in [0.2, 0.25) is 0 Å². The van der Waals surface area contributed by atoms with E-state index < -0.39 is 34.6 Å². The van der Waals surface area contributed by atoms with Crippen LogP contribution in [0.4, 0.5) is 0 Å². The number of benzene rings is 1. The lowest BCUT2D eigenvalue weighted by atomic mass is 9.99. The minimum absolute atomic E-state index is 0.0729. The molecule has 0 spiro atoms. The molecule has 0 aliphatic carbocycles. The van der Waals surface area contributed by atoms with Crippen molar-refractivity contribution in [2.45, 2.75) is 39.8 Å². The van der Waals surface area contributed by atoms with Crippen molar-refractivity contribution < 1.29 is 22.6 Å². The molecule has 30 heavy (non-hydrogen) atoms. The summed E-state index contributed by atoms with van der Waals surface area (Å²) in [4.78, 5) is 29.5. The van der Waals surface area contributed by atoms with Crippen LogP contribution in [0, 0.1) is 12.8 Å². The first-order valence-electron chi connectivity index (χ1n) is 9.59. The zero-order chi connectivity index (χ0) is 22.3. The second-order valence-electron chi connectivity index (χ2n) is 7.54. The van der Waals surface area contributed by atoms with E-state index in [0.717, 1.165) is 5.69 Å². The van der Waals surface area contributed by atoms with Crippen molar-refractivity contribution in [3.8, 4) is 0 Å². The average Bonchev–Trinajstić information content (AvgIpc) is 2.67.